The van der Waals surface area contributed by atoms with E-state index < -0.39 is 12.0 Å². The molecule has 1 aromatic heterocycles. The van der Waals surface area contributed by atoms with Gasteiger partial charge >= 0.3 is 0 Å². The quantitative estimate of drug-likeness (QED) is 0.450. The maximum Gasteiger partial charge on any atom is 0.285 e. The van der Waals surface area contributed by atoms with Gasteiger partial charge in [-0.2, -0.15) is 0 Å². The van der Waals surface area contributed by atoms with E-state index in [0.29, 0.717) is 12.2 Å². The minimum Gasteiger partial charge on any atom is -0.665 e. The predicted molar refractivity (Wildman–Crippen MR) is 85.3 cm³/mol. The number of nitrogens with one attached hydrogen (secondary N) is 1. The van der Waals surface area contributed by atoms with Crippen LogP contribution < -0.4 is 0 Å². The third kappa shape index (κ3) is 11.6. The fraction of sp³-hybridized carbons (Fsp3) is 0.200. The van der Waals surface area contributed by atoms with E-state index >= 15 is 0 Å². The first-order chi connectivity index (χ1) is 11.6. The first-order valence-electron chi connectivity index (χ1n) is 6.22. The molecule has 10 heteroatoms. The molecule has 0 aliphatic heterocycles. The number of aromatic nitrogens is 3. The Bertz CT molecular complexity index is 578. The molecule has 1 heterocycles. The minimum absolute atomic E-state index is 0. The van der Waals surface area contributed by atoms with Gasteiger partial charge in [-0.3, -0.25) is 25.2 Å². The number of benzene rings is 1. The summed E-state index contributed by atoms with van der Waals surface area (Å²) in [6.45, 7) is 10.3. The van der Waals surface area contributed by atoms with Crippen molar-refractivity contribution in [3.05, 3.63) is 53.5 Å². The van der Waals surface area contributed by atoms with Crippen LogP contribution in [0.1, 0.15) is 11.3 Å². The van der Waals surface area contributed by atoms with Crippen molar-refractivity contribution < 1.29 is 44.7 Å². The van der Waals surface area contributed by atoms with Gasteiger partial charge in [0.25, 0.3) is 5.97 Å². The molecule has 0 saturated carbocycles. The van der Waals surface area contributed by atoms with Crippen molar-refractivity contribution in [3.8, 4) is 0 Å². The van der Waals surface area contributed by atoms with Crippen LogP contribution in [0.15, 0.2) is 36.5 Å². The second-order valence-corrected chi connectivity index (χ2v) is 3.99. The molecule has 0 bridgehead atoms. The molecule has 0 spiro atoms. The third-order valence-corrected chi connectivity index (χ3v) is 2.48. The number of carbonyl (C=O) groups excluding carboxylic acids is 3. The maximum absolute atomic E-state index is 10.6. The Hall–Kier alpha value is -2.54. The van der Waals surface area contributed by atoms with Gasteiger partial charge in [-0.15, -0.1) is 5.10 Å². The molecule has 2 N–H and O–H groups in total. The van der Waals surface area contributed by atoms with Gasteiger partial charge in [-0.25, -0.2) is 4.68 Å². The van der Waals surface area contributed by atoms with Crippen LogP contribution in [0.3, 0.4) is 0 Å². The van der Waals surface area contributed by atoms with Crippen molar-refractivity contribution in [2.45, 2.75) is 19.0 Å². The van der Waals surface area contributed by atoms with Crippen LogP contribution in [0.5, 0.6) is 0 Å². The average molecular weight is 519 g/mol. The van der Waals surface area contributed by atoms with E-state index in [1.54, 1.807) is 10.9 Å². The van der Waals surface area contributed by atoms with Crippen LogP contribution in [-0.2, 0) is 52.6 Å². The van der Waals surface area contributed by atoms with Crippen molar-refractivity contribution in [2.24, 2.45) is 0 Å². The van der Waals surface area contributed by atoms with Crippen LogP contribution in [-0.4, -0.2) is 52.5 Å². The van der Waals surface area contributed by atoms with E-state index in [1.165, 1.54) is 0 Å². The van der Waals surface area contributed by atoms with Crippen molar-refractivity contribution >= 4 is 26.3 Å². The average Bonchev–Trinajstić information content (AvgIpc) is 3.08. The molecular weight excluding hydrogens is 502 g/mol. The Labute approximate surface area is 158 Å². The van der Waals surface area contributed by atoms with E-state index in [1.807, 2.05) is 30.3 Å². The van der Waals surface area contributed by atoms with Crippen LogP contribution in [0.2, 0.25) is 0 Å². The molecule has 0 saturated heterocycles. The normalized spacial score (nSPS) is 9.32. The van der Waals surface area contributed by atoms with Gasteiger partial charge in [-0.05, 0) is 18.0 Å². The summed E-state index contributed by atoms with van der Waals surface area (Å²) in [4.78, 5) is 33.8. The fourth-order valence-electron chi connectivity index (χ4n) is 1.58. The van der Waals surface area contributed by atoms with Crippen molar-refractivity contribution in [2.75, 3.05) is 0 Å². The summed E-state index contributed by atoms with van der Waals surface area (Å²) in [5, 5.41) is 16.4. The zero-order valence-electron chi connectivity index (χ0n) is 13.0. The molecule has 137 valence electrons. The Morgan fingerprint density at radius 2 is 1.64 bits per heavy atom. The molecule has 0 fully saturated rings. The Morgan fingerprint density at radius 3 is 2.12 bits per heavy atom. The molecule has 1 radical (unpaired) electrons. The summed E-state index contributed by atoms with van der Waals surface area (Å²) in [6.07, 6.45) is 1.75. The summed E-state index contributed by atoms with van der Waals surface area (Å²) < 4.78 is 1.64. The number of carbonyl (C=O) groups is 1. The molecule has 25 heavy (non-hydrogen) atoms. The number of hydrogen-bond donors (Lipinski definition) is 1. The van der Waals surface area contributed by atoms with Gasteiger partial charge in [0.05, 0.1) is 12.2 Å². The van der Waals surface area contributed by atoms with E-state index in [0.717, 1.165) is 5.56 Å². The molecule has 1 unspecified atom stereocenters. The second kappa shape index (κ2) is 17.8. The summed E-state index contributed by atoms with van der Waals surface area (Å²) in [6, 6.07) is 8.59. The van der Waals surface area contributed by atoms with E-state index in [4.69, 9.17) is 25.2 Å². The number of rotatable bonds is 5. The monoisotopic (exact) mass is 519 g/mol. The number of carboxylic acids is 1. The summed E-state index contributed by atoms with van der Waals surface area (Å²) in [7, 11) is 0. The second-order valence-electron chi connectivity index (χ2n) is 3.99. The molecule has 2 aromatic rings. The Kier molecular flexibility index (Phi) is 19.5. The standard InChI is InChI=1S/C12H13N4O2.3CHO.Re/c13-11(12(17)18)6-10-8-16(15-14-10)7-9-4-2-1-3-5-9;3*1-2;/h1-5,8,11,13H,6-7H2,(H,17,18);3*1H;/q4*-1;. The molecule has 0 amide bonds. The zero-order valence-corrected chi connectivity index (χ0v) is 15.7. The fourth-order valence-corrected chi connectivity index (χ4v) is 1.58. The van der Waals surface area contributed by atoms with E-state index in [2.05, 4.69) is 30.7 Å². The third-order valence-electron chi connectivity index (χ3n) is 2.48. The van der Waals surface area contributed by atoms with Gasteiger partial charge in [0.1, 0.15) is 0 Å². The van der Waals surface area contributed by atoms with Crippen LogP contribution >= 0.6 is 0 Å². The number of hydrogen-bond acceptors (Lipinski definition) is 6. The molecular formula is C15H16N4O5Re-4. The van der Waals surface area contributed by atoms with E-state index in [9.17, 15) is 4.79 Å². The predicted octanol–water partition coefficient (Wildman–Crippen LogP) is 0.549. The van der Waals surface area contributed by atoms with Crippen molar-refractivity contribution in [3.63, 3.8) is 0 Å². The largest absolute Gasteiger partial charge is 0.665 e. The van der Waals surface area contributed by atoms with Crippen molar-refractivity contribution in [1.29, 1.82) is 0 Å². The first kappa shape index (κ1) is 27.3. The molecule has 0 aliphatic rings. The molecule has 9 nitrogen and oxygen atoms in total. The van der Waals surface area contributed by atoms with Gasteiger partial charge < -0.3 is 25.2 Å². The number of nitrogens with zero attached hydrogens (tertiary/aromatic N) is 3. The summed E-state index contributed by atoms with van der Waals surface area (Å²) in [5.74, 6) is -1.15. The maximum atomic E-state index is 10.6. The van der Waals surface area contributed by atoms with Gasteiger partial charge in [0, 0.05) is 26.6 Å². The number of aliphatic carboxylic acids is 1. The summed E-state index contributed by atoms with van der Waals surface area (Å²) in [5.41, 5.74) is 8.93. The van der Waals surface area contributed by atoms with Crippen LogP contribution in [0, 0.1) is 0 Å². The zero-order chi connectivity index (χ0) is 19.0. The number of carboxylic acid groups (broad SMARTS) is 1. The van der Waals surface area contributed by atoms with Gasteiger partial charge in [-0.1, -0.05) is 35.5 Å². The van der Waals surface area contributed by atoms with Crippen LogP contribution in [0.25, 0.3) is 5.73 Å². The summed E-state index contributed by atoms with van der Waals surface area (Å²) >= 11 is 0. The Balaban J connectivity index is -0.000000626. The first-order valence-corrected chi connectivity index (χ1v) is 6.22. The SMILES string of the molecule is [CH-]=O.[CH-]=O.[CH-]=O.[NH-]C(Cc1cn(Cc2ccccc2)nn1)C(=O)O.[Re]. The van der Waals surface area contributed by atoms with Crippen LogP contribution in [0.4, 0.5) is 0 Å². The molecule has 1 aromatic carbocycles. The molecule has 1 atom stereocenters. The van der Waals surface area contributed by atoms with Gasteiger partial charge in [0.15, 0.2) is 0 Å². The van der Waals surface area contributed by atoms with Gasteiger partial charge in [0.2, 0.25) is 0 Å². The molecule has 2 rings (SSSR count). The smallest absolute Gasteiger partial charge is 0.285 e. The van der Waals surface area contributed by atoms with Crippen molar-refractivity contribution in [1.82, 2.24) is 15.0 Å². The topological polar surface area (TPSA) is 143 Å². The minimum atomic E-state index is -1.19. The molecule has 0 aliphatic carbocycles. The Morgan fingerprint density at radius 1 is 1.12 bits per heavy atom. The van der Waals surface area contributed by atoms with E-state index in [-0.39, 0.29) is 26.8 Å².